The Morgan fingerprint density at radius 3 is 2.36 bits per heavy atom. The number of hydrogen-bond acceptors (Lipinski definition) is 3. The van der Waals surface area contributed by atoms with E-state index < -0.39 is 5.91 Å². The van der Waals surface area contributed by atoms with Crippen molar-refractivity contribution in [3.63, 3.8) is 0 Å². The van der Waals surface area contributed by atoms with E-state index in [1.807, 2.05) is 24.3 Å². The molecule has 1 heterocycles. The predicted octanol–water partition coefficient (Wildman–Crippen LogP) is 3.63. The molecular formula is C16H11ClN2O2S. The minimum atomic E-state index is -0.458. The van der Waals surface area contributed by atoms with E-state index >= 15 is 0 Å². The molecule has 0 aliphatic rings. The molecule has 0 aliphatic heterocycles. The van der Waals surface area contributed by atoms with Gasteiger partial charge >= 0.3 is 0 Å². The van der Waals surface area contributed by atoms with Crippen LogP contribution in [0.25, 0.3) is 10.1 Å². The fourth-order valence-corrected chi connectivity index (χ4v) is 3.16. The van der Waals surface area contributed by atoms with Crippen LogP contribution in [0.1, 0.15) is 20.0 Å². The first-order valence-electron chi connectivity index (χ1n) is 6.49. The van der Waals surface area contributed by atoms with Gasteiger partial charge in [0.05, 0.1) is 15.5 Å². The lowest BCUT2D eigenvalue weighted by molar-refractivity contribution is 0.0849. The number of hydrogen-bond donors (Lipinski definition) is 2. The fraction of sp³-hybridized carbons (Fsp3) is 0. The third kappa shape index (κ3) is 2.95. The molecule has 0 unspecified atom stereocenters. The summed E-state index contributed by atoms with van der Waals surface area (Å²) in [7, 11) is 0. The normalized spacial score (nSPS) is 10.4. The minimum Gasteiger partial charge on any atom is -0.267 e. The summed E-state index contributed by atoms with van der Waals surface area (Å²) in [5.74, 6) is -0.818. The van der Waals surface area contributed by atoms with Crippen LogP contribution in [0.4, 0.5) is 0 Å². The Morgan fingerprint density at radius 2 is 1.59 bits per heavy atom. The molecule has 0 saturated heterocycles. The van der Waals surface area contributed by atoms with Crippen LogP contribution in [0.15, 0.2) is 54.6 Å². The largest absolute Gasteiger partial charge is 0.279 e. The summed E-state index contributed by atoms with van der Waals surface area (Å²) in [5.41, 5.74) is 5.07. The summed E-state index contributed by atoms with van der Waals surface area (Å²) < 4.78 is 1.02. The minimum absolute atomic E-state index is 0.306. The van der Waals surface area contributed by atoms with Crippen LogP contribution in [-0.2, 0) is 0 Å². The van der Waals surface area contributed by atoms with Gasteiger partial charge in [-0.15, -0.1) is 11.3 Å². The molecule has 3 rings (SSSR count). The highest BCUT2D eigenvalue weighted by Crippen LogP contribution is 2.24. The van der Waals surface area contributed by atoms with Gasteiger partial charge in [0.25, 0.3) is 11.8 Å². The second-order valence-electron chi connectivity index (χ2n) is 4.54. The molecule has 0 fully saturated rings. The van der Waals surface area contributed by atoms with Gasteiger partial charge in [-0.1, -0.05) is 41.9 Å². The smallest absolute Gasteiger partial charge is 0.267 e. The summed E-state index contributed by atoms with van der Waals surface area (Å²) in [5, 5.41) is 1.33. The lowest BCUT2D eigenvalue weighted by Crippen LogP contribution is -2.41. The van der Waals surface area contributed by atoms with Crippen LogP contribution >= 0.6 is 22.9 Å². The number of hydrazine groups is 1. The molecule has 2 aromatic carbocycles. The van der Waals surface area contributed by atoms with Crippen molar-refractivity contribution in [1.29, 1.82) is 0 Å². The van der Waals surface area contributed by atoms with Gasteiger partial charge in [-0.3, -0.25) is 20.4 Å². The second kappa shape index (κ2) is 6.17. The maximum absolute atomic E-state index is 12.1. The molecule has 110 valence electrons. The Hall–Kier alpha value is -2.37. The van der Waals surface area contributed by atoms with E-state index in [1.54, 1.807) is 30.3 Å². The van der Waals surface area contributed by atoms with Crippen molar-refractivity contribution in [2.75, 3.05) is 0 Å². The number of nitrogens with one attached hydrogen (secondary N) is 2. The molecule has 0 bridgehead atoms. The fourth-order valence-electron chi connectivity index (χ4n) is 1.98. The molecule has 1 aromatic heterocycles. The topological polar surface area (TPSA) is 58.2 Å². The van der Waals surface area contributed by atoms with E-state index in [0.717, 1.165) is 10.1 Å². The van der Waals surface area contributed by atoms with Gasteiger partial charge in [0, 0.05) is 4.70 Å². The first kappa shape index (κ1) is 14.6. The summed E-state index contributed by atoms with van der Waals surface area (Å²) in [4.78, 5) is 24.6. The van der Waals surface area contributed by atoms with Gasteiger partial charge in [0.15, 0.2) is 0 Å². The average molecular weight is 331 g/mol. The van der Waals surface area contributed by atoms with E-state index in [0.29, 0.717) is 15.5 Å². The number of fused-ring (bicyclic) bond motifs is 1. The Bertz CT molecular complexity index is 827. The van der Waals surface area contributed by atoms with Crippen LogP contribution in [0.3, 0.4) is 0 Å². The summed E-state index contributed by atoms with van der Waals surface area (Å²) in [6, 6.07) is 16.1. The molecule has 6 heteroatoms. The third-order valence-corrected chi connectivity index (χ3v) is 4.50. The molecule has 0 saturated carbocycles. The van der Waals surface area contributed by atoms with Gasteiger partial charge in [0.2, 0.25) is 0 Å². The van der Waals surface area contributed by atoms with E-state index in [-0.39, 0.29) is 5.91 Å². The van der Waals surface area contributed by atoms with Crippen LogP contribution < -0.4 is 10.9 Å². The Balaban J connectivity index is 1.69. The Kier molecular flexibility index (Phi) is 4.09. The SMILES string of the molecule is O=C(NNC(=O)c1ccccc1Cl)c1cc2ccccc2s1. The molecule has 3 aromatic rings. The quantitative estimate of drug-likeness (QED) is 0.705. The first-order chi connectivity index (χ1) is 10.6. The first-order valence-corrected chi connectivity index (χ1v) is 7.68. The van der Waals surface area contributed by atoms with Crippen molar-refractivity contribution < 1.29 is 9.59 Å². The second-order valence-corrected chi connectivity index (χ2v) is 6.03. The number of halogens is 1. The van der Waals surface area contributed by atoms with E-state index in [2.05, 4.69) is 10.9 Å². The van der Waals surface area contributed by atoms with E-state index in [9.17, 15) is 9.59 Å². The lowest BCUT2D eigenvalue weighted by atomic mass is 10.2. The van der Waals surface area contributed by atoms with Gasteiger partial charge in [-0.05, 0) is 29.7 Å². The Morgan fingerprint density at radius 1 is 0.909 bits per heavy atom. The number of benzene rings is 2. The summed E-state index contributed by atoms with van der Waals surface area (Å²) in [6.07, 6.45) is 0. The molecule has 0 aliphatic carbocycles. The molecule has 2 amide bonds. The van der Waals surface area contributed by atoms with Crippen molar-refractivity contribution in [2.45, 2.75) is 0 Å². The van der Waals surface area contributed by atoms with Gasteiger partial charge in [-0.25, -0.2) is 0 Å². The average Bonchev–Trinajstić information content (AvgIpc) is 2.97. The molecule has 0 spiro atoms. The molecule has 0 atom stereocenters. The molecular weight excluding hydrogens is 320 g/mol. The van der Waals surface area contributed by atoms with Crippen molar-refractivity contribution in [1.82, 2.24) is 10.9 Å². The number of thiophene rings is 1. The van der Waals surface area contributed by atoms with E-state index in [4.69, 9.17) is 11.6 Å². The standard InChI is InChI=1S/C16H11ClN2O2S/c17-12-7-3-2-6-11(12)15(20)18-19-16(21)14-9-10-5-1-4-8-13(10)22-14/h1-9H,(H,18,20)(H,19,21). The van der Waals surface area contributed by atoms with Crippen molar-refractivity contribution in [3.05, 3.63) is 70.1 Å². The van der Waals surface area contributed by atoms with Crippen LogP contribution in [0.2, 0.25) is 5.02 Å². The monoisotopic (exact) mass is 330 g/mol. The number of amides is 2. The number of carbonyl (C=O) groups excluding carboxylic acids is 2. The van der Waals surface area contributed by atoms with E-state index in [1.165, 1.54) is 11.3 Å². The van der Waals surface area contributed by atoms with Crippen molar-refractivity contribution in [2.24, 2.45) is 0 Å². The van der Waals surface area contributed by atoms with Gasteiger partial charge in [0.1, 0.15) is 0 Å². The van der Waals surface area contributed by atoms with Gasteiger partial charge in [-0.2, -0.15) is 0 Å². The highest BCUT2D eigenvalue weighted by Gasteiger charge is 2.13. The number of rotatable bonds is 2. The van der Waals surface area contributed by atoms with Crippen LogP contribution in [0, 0.1) is 0 Å². The van der Waals surface area contributed by atoms with Gasteiger partial charge < -0.3 is 0 Å². The summed E-state index contributed by atoms with van der Waals surface area (Å²) in [6.45, 7) is 0. The maximum atomic E-state index is 12.1. The highest BCUT2D eigenvalue weighted by molar-refractivity contribution is 7.20. The van der Waals surface area contributed by atoms with Crippen LogP contribution in [0.5, 0.6) is 0 Å². The number of carbonyl (C=O) groups is 2. The third-order valence-electron chi connectivity index (χ3n) is 3.06. The summed E-state index contributed by atoms with van der Waals surface area (Å²) >= 11 is 7.30. The van der Waals surface area contributed by atoms with Crippen LogP contribution in [-0.4, -0.2) is 11.8 Å². The molecule has 0 radical (unpaired) electrons. The highest BCUT2D eigenvalue weighted by atomic mass is 35.5. The molecule has 4 nitrogen and oxygen atoms in total. The maximum Gasteiger partial charge on any atom is 0.279 e. The predicted molar refractivity (Wildman–Crippen MR) is 88.2 cm³/mol. The van der Waals surface area contributed by atoms with Crippen molar-refractivity contribution in [3.8, 4) is 0 Å². The zero-order valence-corrected chi connectivity index (χ0v) is 12.9. The molecule has 2 N–H and O–H groups in total. The molecule has 22 heavy (non-hydrogen) atoms. The lowest BCUT2D eigenvalue weighted by Gasteiger charge is -2.07. The zero-order chi connectivity index (χ0) is 15.5. The Labute approximate surface area is 135 Å². The van der Waals surface area contributed by atoms with Crippen molar-refractivity contribution >= 4 is 44.8 Å². The zero-order valence-electron chi connectivity index (χ0n) is 11.3.